The number of aryl methyl sites for hydroxylation is 1. The molecule has 0 bridgehead atoms. The van der Waals surface area contributed by atoms with Crippen LogP contribution in [0, 0.1) is 13.8 Å². The second kappa shape index (κ2) is 6.56. The second-order valence-corrected chi connectivity index (χ2v) is 5.92. The van der Waals surface area contributed by atoms with Crippen molar-refractivity contribution in [1.82, 2.24) is 20.0 Å². The van der Waals surface area contributed by atoms with Crippen LogP contribution < -0.4 is 10.9 Å². The predicted octanol–water partition coefficient (Wildman–Crippen LogP) is 1.17. The van der Waals surface area contributed by atoms with E-state index in [4.69, 9.17) is 9.26 Å². The topological polar surface area (TPSA) is 99.2 Å². The van der Waals surface area contributed by atoms with Gasteiger partial charge >= 0.3 is 0 Å². The van der Waals surface area contributed by atoms with Crippen molar-refractivity contribution in [2.45, 2.75) is 39.3 Å². The van der Waals surface area contributed by atoms with Gasteiger partial charge in [0.05, 0.1) is 6.54 Å². The molecule has 1 aliphatic heterocycles. The number of amides is 1. The average Bonchev–Trinajstić information content (AvgIpc) is 3.24. The van der Waals surface area contributed by atoms with E-state index in [0.717, 1.165) is 24.1 Å². The Morgan fingerprint density at radius 1 is 1.46 bits per heavy atom. The van der Waals surface area contributed by atoms with Gasteiger partial charge in [-0.25, -0.2) is 0 Å². The largest absolute Gasteiger partial charge is 0.368 e. The van der Waals surface area contributed by atoms with Crippen LogP contribution in [0.15, 0.2) is 15.4 Å². The highest BCUT2D eigenvalue weighted by Gasteiger charge is 2.24. The molecule has 0 aliphatic carbocycles. The summed E-state index contributed by atoms with van der Waals surface area (Å²) in [7, 11) is 1.65. The van der Waals surface area contributed by atoms with E-state index in [1.165, 1.54) is 4.57 Å². The van der Waals surface area contributed by atoms with E-state index >= 15 is 0 Å². The van der Waals surface area contributed by atoms with Crippen LogP contribution in [0.3, 0.4) is 0 Å². The maximum Gasteiger partial charge on any atom is 0.263 e. The monoisotopic (exact) mass is 332 g/mol. The number of nitrogens with one attached hydrogen (secondary N) is 1. The van der Waals surface area contributed by atoms with E-state index in [0.29, 0.717) is 18.3 Å². The summed E-state index contributed by atoms with van der Waals surface area (Å²) in [5.41, 5.74) is 1.48. The van der Waals surface area contributed by atoms with Gasteiger partial charge in [-0.2, -0.15) is 4.98 Å². The SMILES string of the molecule is Cc1cc(C(=O)NCc2noc(C3CCCO3)n2)c(=O)n(C)c1C. The molecule has 24 heavy (non-hydrogen) atoms. The molecule has 0 radical (unpaired) electrons. The van der Waals surface area contributed by atoms with Gasteiger partial charge in [0.25, 0.3) is 17.4 Å². The molecule has 1 amide bonds. The van der Waals surface area contributed by atoms with E-state index in [1.54, 1.807) is 13.1 Å². The number of ether oxygens (including phenoxy) is 1. The number of rotatable bonds is 4. The first kappa shape index (κ1) is 16.4. The smallest absolute Gasteiger partial charge is 0.263 e. The second-order valence-electron chi connectivity index (χ2n) is 5.92. The standard InChI is InChI=1S/C16H20N4O4/c1-9-7-11(16(22)20(3)10(9)2)14(21)17-8-13-18-15(24-19-13)12-5-4-6-23-12/h7,12H,4-6,8H2,1-3H3,(H,17,21). The highest BCUT2D eigenvalue weighted by Crippen LogP contribution is 2.26. The van der Waals surface area contributed by atoms with Gasteiger partial charge in [-0.05, 0) is 38.3 Å². The fourth-order valence-corrected chi connectivity index (χ4v) is 2.64. The number of carbonyl (C=O) groups excluding carboxylic acids is 1. The molecular weight excluding hydrogens is 312 g/mol. The first-order valence-electron chi connectivity index (χ1n) is 7.87. The van der Waals surface area contributed by atoms with Crippen LogP contribution in [0.4, 0.5) is 0 Å². The third kappa shape index (κ3) is 3.09. The Morgan fingerprint density at radius 2 is 2.25 bits per heavy atom. The van der Waals surface area contributed by atoms with Crippen LogP contribution in [0.2, 0.25) is 0 Å². The Morgan fingerprint density at radius 3 is 2.96 bits per heavy atom. The van der Waals surface area contributed by atoms with E-state index < -0.39 is 5.91 Å². The van der Waals surface area contributed by atoms with Crippen molar-refractivity contribution >= 4 is 5.91 Å². The fourth-order valence-electron chi connectivity index (χ4n) is 2.64. The average molecular weight is 332 g/mol. The summed E-state index contributed by atoms with van der Waals surface area (Å²) in [6, 6.07) is 1.60. The van der Waals surface area contributed by atoms with Crippen molar-refractivity contribution in [3.8, 4) is 0 Å². The van der Waals surface area contributed by atoms with Crippen LogP contribution in [-0.2, 0) is 18.3 Å². The lowest BCUT2D eigenvalue weighted by molar-refractivity contribution is 0.0835. The minimum atomic E-state index is -0.456. The van der Waals surface area contributed by atoms with E-state index in [2.05, 4.69) is 15.5 Å². The van der Waals surface area contributed by atoms with Crippen molar-refractivity contribution in [1.29, 1.82) is 0 Å². The molecule has 8 nitrogen and oxygen atoms in total. The molecule has 1 atom stereocenters. The minimum Gasteiger partial charge on any atom is -0.368 e. The number of nitrogens with zero attached hydrogens (tertiary/aromatic N) is 3. The fraction of sp³-hybridized carbons (Fsp3) is 0.500. The lowest BCUT2D eigenvalue weighted by Crippen LogP contribution is -2.33. The molecule has 3 heterocycles. The molecule has 0 spiro atoms. The maximum absolute atomic E-state index is 12.3. The number of hydrogen-bond acceptors (Lipinski definition) is 6. The van der Waals surface area contributed by atoms with Gasteiger partial charge < -0.3 is 19.1 Å². The van der Waals surface area contributed by atoms with Gasteiger partial charge in [-0.1, -0.05) is 5.16 Å². The van der Waals surface area contributed by atoms with Crippen LogP contribution >= 0.6 is 0 Å². The quantitative estimate of drug-likeness (QED) is 0.902. The van der Waals surface area contributed by atoms with Crippen molar-refractivity contribution in [3.63, 3.8) is 0 Å². The van der Waals surface area contributed by atoms with Gasteiger partial charge in [0.15, 0.2) is 5.82 Å². The van der Waals surface area contributed by atoms with Gasteiger partial charge in [0, 0.05) is 19.3 Å². The lowest BCUT2D eigenvalue weighted by atomic mass is 10.1. The summed E-state index contributed by atoms with van der Waals surface area (Å²) in [6.45, 7) is 4.48. The zero-order valence-electron chi connectivity index (χ0n) is 14.0. The van der Waals surface area contributed by atoms with Gasteiger partial charge in [-0.15, -0.1) is 0 Å². The molecule has 1 aliphatic rings. The van der Waals surface area contributed by atoms with E-state index in [1.807, 2.05) is 13.8 Å². The van der Waals surface area contributed by atoms with Crippen molar-refractivity contribution in [2.24, 2.45) is 7.05 Å². The van der Waals surface area contributed by atoms with Gasteiger partial charge in [0.1, 0.15) is 11.7 Å². The summed E-state index contributed by atoms with van der Waals surface area (Å²) in [5.74, 6) is 0.329. The number of carbonyl (C=O) groups is 1. The van der Waals surface area contributed by atoms with Crippen molar-refractivity contribution < 1.29 is 14.1 Å². The number of hydrogen-bond donors (Lipinski definition) is 1. The lowest BCUT2D eigenvalue weighted by Gasteiger charge is -2.10. The maximum atomic E-state index is 12.3. The normalized spacial score (nSPS) is 17.2. The molecule has 2 aromatic rings. The number of pyridine rings is 1. The number of aromatic nitrogens is 3. The molecular formula is C16H20N4O4. The zero-order chi connectivity index (χ0) is 17.3. The Bertz CT molecular complexity index is 818. The first-order valence-corrected chi connectivity index (χ1v) is 7.87. The van der Waals surface area contributed by atoms with Gasteiger partial charge in [-0.3, -0.25) is 9.59 Å². The Labute approximate surface area is 138 Å². The molecule has 1 unspecified atom stereocenters. The van der Waals surface area contributed by atoms with Crippen LogP contribution in [0.25, 0.3) is 0 Å². The van der Waals surface area contributed by atoms with Crippen LogP contribution in [0.1, 0.15) is 52.3 Å². The van der Waals surface area contributed by atoms with Gasteiger partial charge in [0.2, 0.25) is 0 Å². The van der Waals surface area contributed by atoms with E-state index in [9.17, 15) is 9.59 Å². The molecule has 1 N–H and O–H groups in total. The summed E-state index contributed by atoms with van der Waals surface area (Å²) < 4.78 is 12.1. The molecule has 1 fully saturated rings. The Kier molecular flexibility index (Phi) is 4.48. The predicted molar refractivity (Wildman–Crippen MR) is 84.6 cm³/mol. The Balaban J connectivity index is 1.69. The molecule has 128 valence electrons. The molecule has 0 saturated carbocycles. The van der Waals surface area contributed by atoms with Crippen LogP contribution in [-0.4, -0.2) is 27.2 Å². The summed E-state index contributed by atoms with van der Waals surface area (Å²) >= 11 is 0. The van der Waals surface area contributed by atoms with Crippen LogP contribution in [0.5, 0.6) is 0 Å². The zero-order valence-corrected chi connectivity index (χ0v) is 14.0. The molecule has 1 saturated heterocycles. The minimum absolute atomic E-state index is 0.0884. The summed E-state index contributed by atoms with van der Waals surface area (Å²) in [6.07, 6.45) is 1.66. The molecule has 3 rings (SSSR count). The van der Waals surface area contributed by atoms with Crippen molar-refractivity contribution in [3.05, 3.63) is 45.0 Å². The summed E-state index contributed by atoms with van der Waals surface area (Å²) in [5, 5.41) is 6.49. The molecule has 8 heteroatoms. The first-order chi connectivity index (χ1) is 11.5. The Hall–Kier alpha value is -2.48. The highest BCUT2D eigenvalue weighted by molar-refractivity contribution is 5.93. The molecule has 0 aromatic carbocycles. The van der Waals surface area contributed by atoms with Crippen molar-refractivity contribution in [2.75, 3.05) is 6.61 Å². The third-order valence-corrected chi connectivity index (χ3v) is 4.31. The third-order valence-electron chi connectivity index (χ3n) is 4.31. The highest BCUT2D eigenvalue weighted by atomic mass is 16.5. The summed E-state index contributed by atoms with van der Waals surface area (Å²) in [4.78, 5) is 28.7. The molecule has 2 aromatic heterocycles. The van der Waals surface area contributed by atoms with E-state index in [-0.39, 0.29) is 23.8 Å².